The van der Waals surface area contributed by atoms with Crippen molar-refractivity contribution in [2.45, 2.75) is 79.6 Å². The molecule has 2 rings (SSSR count). The zero-order valence-electron chi connectivity index (χ0n) is 21.2. The van der Waals surface area contributed by atoms with Gasteiger partial charge in [-0.1, -0.05) is 0 Å². The third kappa shape index (κ3) is 7.57. The molecular weight excluding hydrogens is 444 g/mol. The number of hydrogen-bond donors (Lipinski definition) is 2. The molecule has 0 aliphatic rings. The van der Waals surface area contributed by atoms with Crippen LogP contribution in [-0.4, -0.2) is 45.6 Å². The molecule has 34 heavy (non-hydrogen) atoms. The van der Waals surface area contributed by atoms with E-state index >= 15 is 0 Å². The Balaban J connectivity index is 0.000000340. The van der Waals surface area contributed by atoms with E-state index in [0.29, 0.717) is 0 Å². The molecule has 0 aromatic heterocycles. The summed E-state index contributed by atoms with van der Waals surface area (Å²) in [5.74, 6) is -2.46. The van der Waals surface area contributed by atoms with Crippen LogP contribution in [0.25, 0.3) is 0 Å². The fraction of sp³-hybridized carbons (Fsp3) is 0.462. The maximum Gasteiger partial charge on any atom is 0.137 e. The lowest BCUT2D eigenvalue weighted by molar-refractivity contribution is 0.290. The summed E-state index contributed by atoms with van der Waals surface area (Å²) in [7, 11) is 0. The number of nitrogens with zero attached hydrogens (tertiary/aromatic N) is 2. The van der Waals surface area contributed by atoms with Gasteiger partial charge >= 0.3 is 0 Å². The van der Waals surface area contributed by atoms with Gasteiger partial charge in [-0.25, -0.2) is 17.6 Å². The third-order valence-corrected chi connectivity index (χ3v) is 5.11. The summed E-state index contributed by atoms with van der Waals surface area (Å²) in [5.41, 5.74) is 0.266. The summed E-state index contributed by atoms with van der Waals surface area (Å²) in [4.78, 5) is 3.58. The lowest BCUT2D eigenvalue weighted by atomic mass is 10.1. The molecule has 0 unspecified atom stereocenters. The highest BCUT2D eigenvalue weighted by Crippen LogP contribution is 2.17. The van der Waals surface area contributed by atoms with E-state index < -0.39 is 23.3 Å². The molecule has 0 heterocycles. The fourth-order valence-corrected chi connectivity index (χ4v) is 3.87. The molecule has 0 spiro atoms. The summed E-state index contributed by atoms with van der Waals surface area (Å²) in [5, 5.41) is 16.0. The van der Waals surface area contributed by atoms with E-state index in [4.69, 9.17) is 10.8 Å². The first kappa shape index (κ1) is 29.1. The molecule has 4 nitrogen and oxygen atoms in total. The van der Waals surface area contributed by atoms with Gasteiger partial charge in [0.1, 0.15) is 34.9 Å². The van der Waals surface area contributed by atoms with Gasteiger partial charge in [0.25, 0.3) is 0 Å². The second kappa shape index (κ2) is 12.5. The van der Waals surface area contributed by atoms with Crippen molar-refractivity contribution in [3.05, 3.63) is 70.8 Å². The molecule has 2 aromatic rings. The largest absolute Gasteiger partial charge is 0.352 e. The van der Waals surface area contributed by atoms with Crippen LogP contribution in [0.15, 0.2) is 36.4 Å². The van der Waals surface area contributed by atoms with Crippen molar-refractivity contribution in [3.63, 3.8) is 0 Å². The van der Waals surface area contributed by atoms with E-state index in [-0.39, 0.29) is 47.0 Å². The summed E-state index contributed by atoms with van der Waals surface area (Å²) >= 11 is 0. The van der Waals surface area contributed by atoms with Crippen LogP contribution in [-0.2, 0) is 0 Å². The molecule has 2 aromatic carbocycles. The van der Waals surface area contributed by atoms with Crippen LogP contribution in [0, 0.1) is 34.1 Å². The lowest BCUT2D eigenvalue weighted by Gasteiger charge is -2.33. The Morgan fingerprint density at radius 2 is 0.824 bits per heavy atom. The van der Waals surface area contributed by atoms with Gasteiger partial charge in [0.05, 0.1) is 11.1 Å². The first-order valence-electron chi connectivity index (χ1n) is 11.3. The van der Waals surface area contributed by atoms with Crippen molar-refractivity contribution in [2.24, 2.45) is 0 Å². The van der Waals surface area contributed by atoms with Gasteiger partial charge < -0.3 is 9.80 Å². The van der Waals surface area contributed by atoms with Crippen LogP contribution in [0.4, 0.5) is 17.6 Å². The van der Waals surface area contributed by atoms with Crippen LogP contribution in [0.3, 0.4) is 0 Å². The van der Waals surface area contributed by atoms with Gasteiger partial charge in [0.15, 0.2) is 0 Å². The van der Waals surface area contributed by atoms with Gasteiger partial charge in [-0.3, -0.25) is 10.8 Å². The van der Waals surface area contributed by atoms with Crippen molar-refractivity contribution in [1.29, 1.82) is 10.8 Å². The quantitative estimate of drug-likeness (QED) is 0.271. The topological polar surface area (TPSA) is 54.2 Å². The zero-order chi connectivity index (χ0) is 26.3. The normalized spacial score (nSPS) is 11.1. The number of rotatable bonds is 6. The Kier molecular flexibility index (Phi) is 10.7. The highest BCUT2D eigenvalue weighted by atomic mass is 19.1. The van der Waals surface area contributed by atoms with E-state index in [9.17, 15) is 17.6 Å². The van der Waals surface area contributed by atoms with E-state index in [2.05, 4.69) is 0 Å². The molecule has 0 saturated heterocycles. The maximum atomic E-state index is 13.6. The molecule has 0 aliphatic carbocycles. The molecule has 0 fully saturated rings. The van der Waals surface area contributed by atoms with Crippen molar-refractivity contribution >= 4 is 11.7 Å². The Labute approximate surface area is 200 Å². The first-order chi connectivity index (χ1) is 15.7. The average molecular weight is 481 g/mol. The molecule has 2 N–H and O–H groups in total. The predicted octanol–water partition coefficient (Wildman–Crippen LogP) is 6.82. The number of amidine groups is 2. The molecule has 8 heteroatoms. The number of halogens is 4. The fourth-order valence-electron chi connectivity index (χ4n) is 3.87. The van der Waals surface area contributed by atoms with E-state index in [1.807, 2.05) is 55.4 Å². The molecule has 0 radical (unpaired) electrons. The first-order valence-corrected chi connectivity index (χ1v) is 11.3. The second-order valence-corrected chi connectivity index (χ2v) is 9.14. The summed E-state index contributed by atoms with van der Waals surface area (Å²) in [6, 6.07) is 6.94. The van der Waals surface area contributed by atoms with Crippen molar-refractivity contribution in [2.75, 3.05) is 0 Å². The van der Waals surface area contributed by atoms with Crippen molar-refractivity contribution < 1.29 is 17.6 Å². The summed E-state index contributed by atoms with van der Waals surface area (Å²) in [6.07, 6.45) is 0. The third-order valence-electron chi connectivity index (χ3n) is 5.11. The minimum Gasteiger partial charge on any atom is -0.352 e. The zero-order valence-corrected chi connectivity index (χ0v) is 21.2. The predicted molar refractivity (Wildman–Crippen MR) is 131 cm³/mol. The highest BCUT2D eigenvalue weighted by molar-refractivity contribution is 5.97. The standard InChI is InChI=1S/2C13H18F2N2/c2*1-8(2)17(9(3)4)13(16)11-6-5-10(14)7-12(11)15/h2*5-9,16H,1-4H3. The average Bonchev–Trinajstić information content (AvgIpc) is 2.67. The molecule has 0 saturated carbocycles. The SMILES string of the molecule is CC(C)N(C(=N)c1ccc(F)cc1F)C(C)C.CC(C)N(C(=N)c1ccc(F)cc1F)C(C)C. The molecule has 0 bridgehead atoms. The van der Waals surface area contributed by atoms with Crippen LogP contribution in [0.2, 0.25) is 0 Å². The van der Waals surface area contributed by atoms with Gasteiger partial charge in [0.2, 0.25) is 0 Å². The van der Waals surface area contributed by atoms with Gasteiger partial charge in [0, 0.05) is 36.3 Å². The number of benzene rings is 2. The van der Waals surface area contributed by atoms with E-state index in [1.54, 1.807) is 9.80 Å². The van der Waals surface area contributed by atoms with Gasteiger partial charge in [-0.15, -0.1) is 0 Å². The molecular formula is C26H36F4N4. The van der Waals surface area contributed by atoms with Crippen LogP contribution >= 0.6 is 0 Å². The van der Waals surface area contributed by atoms with Crippen LogP contribution in [0.1, 0.15) is 66.5 Å². The molecule has 0 amide bonds. The van der Waals surface area contributed by atoms with Gasteiger partial charge in [-0.05, 0) is 79.7 Å². The lowest BCUT2D eigenvalue weighted by Crippen LogP contribution is -2.42. The Hall–Kier alpha value is -2.90. The number of nitrogens with one attached hydrogen (secondary N) is 2. The van der Waals surface area contributed by atoms with E-state index in [1.165, 1.54) is 24.3 Å². The van der Waals surface area contributed by atoms with Crippen molar-refractivity contribution in [3.8, 4) is 0 Å². The molecule has 0 atom stereocenters. The minimum absolute atomic E-state index is 0.0898. The smallest absolute Gasteiger partial charge is 0.137 e. The Bertz CT molecular complexity index is 891. The van der Waals surface area contributed by atoms with Gasteiger partial charge in [-0.2, -0.15) is 0 Å². The highest BCUT2D eigenvalue weighted by Gasteiger charge is 2.22. The van der Waals surface area contributed by atoms with Crippen LogP contribution in [0.5, 0.6) is 0 Å². The Morgan fingerprint density at radius 3 is 1.03 bits per heavy atom. The second-order valence-electron chi connectivity index (χ2n) is 9.14. The summed E-state index contributed by atoms with van der Waals surface area (Å²) in [6.45, 7) is 15.5. The minimum atomic E-state index is -0.693. The number of hydrogen-bond acceptors (Lipinski definition) is 2. The summed E-state index contributed by atoms with van der Waals surface area (Å²) < 4.78 is 52.8. The van der Waals surface area contributed by atoms with E-state index in [0.717, 1.165) is 12.1 Å². The molecule has 188 valence electrons. The Morgan fingerprint density at radius 1 is 0.559 bits per heavy atom. The van der Waals surface area contributed by atoms with Crippen LogP contribution < -0.4 is 0 Å². The van der Waals surface area contributed by atoms with Crippen molar-refractivity contribution in [1.82, 2.24) is 9.80 Å². The maximum absolute atomic E-state index is 13.6. The molecule has 0 aliphatic heterocycles. The monoisotopic (exact) mass is 480 g/mol.